The third-order valence-corrected chi connectivity index (χ3v) is 5.29. The summed E-state index contributed by atoms with van der Waals surface area (Å²) in [4.78, 5) is 18.9. The van der Waals surface area contributed by atoms with Gasteiger partial charge in [-0.25, -0.2) is 4.98 Å². The lowest BCUT2D eigenvalue weighted by Gasteiger charge is -2.33. The van der Waals surface area contributed by atoms with Gasteiger partial charge < -0.3 is 4.90 Å². The third-order valence-electron chi connectivity index (χ3n) is 4.68. The zero-order valence-corrected chi connectivity index (χ0v) is 15.6. The van der Waals surface area contributed by atoms with Crippen molar-refractivity contribution in [1.82, 2.24) is 15.2 Å². The lowest BCUT2D eigenvalue weighted by molar-refractivity contribution is 0.102. The molecule has 2 aromatic rings. The van der Waals surface area contributed by atoms with Crippen LogP contribution in [-0.4, -0.2) is 34.2 Å². The molecule has 0 bridgehead atoms. The fourth-order valence-electron chi connectivity index (χ4n) is 3.12. The minimum Gasteiger partial charge on any atom is -0.357 e. The van der Waals surface area contributed by atoms with E-state index in [9.17, 15) is 4.79 Å². The minimum atomic E-state index is -0.205. The Balaban J connectivity index is 1.52. The Bertz CT molecular complexity index is 663. The van der Waals surface area contributed by atoms with Gasteiger partial charge in [-0.2, -0.15) is 0 Å². The van der Waals surface area contributed by atoms with Gasteiger partial charge in [0.15, 0.2) is 0 Å². The molecule has 7 heteroatoms. The maximum atomic E-state index is 12.1. The molecule has 25 heavy (non-hydrogen) atoms. The van der Waals surface area contributed by atoms with Crippen LogP contribution in [0.25, 0.3) is 0 Å². The van der Waals surface area contributed by atoms with E-state index in [-0.39, 0.29) is 5.91 Å². The SMILES string of the molecule is CC(C)CCC1CCN(c2ccc(C(=O)Nc3nncs3)cn2)CC1. The Labute approximate surface area is 152 Å². The molecule has 134 valence electrons. The van der Waals surface area contributed by atoms with E-state index in [4.69, 9.17) is 0 Å². The number of hydrogen-bond acceptors (Lipinski definition) is 6. The number of aromatic nitrogens is 3. The summed E-state index contributed by atoms with van der Waals surface area (Å²) >= 11 is 1.29. The number of nitrogens with one attached hydrogen (secondary N) is 1. The van der Waals surface area contributed by atoms with Crippen molar-refractivity contribution >= 4 is 28.2 Å². The molecule has 1 aliphatic heterocycles. The fourth-order valence-corrected chi connectivity index (χ4v) is 3.56. The second-order valence-corrected chi connectivity index (χ2v) is 7.84. The molecule has 0 spiro atoms. The quantitative estimate of drug-likeness (QED) is 0.848. The Morgan fingerprint density at radius 1 is 1.36 bits per heavy atom. The van der Waals surface area contributed by atoms with Crippen molar-refractivity contribution in [2.45, 2.75) is 39.5 Å². The summed E-state index contributed by atoms with van der Waals surface area (Å²) in [5, 5.41) is 10.7. The van der Waals surface area contributed by atoms with Crippen molar-refractivity contribution < 1.29 is 4.79 Å². The Morgan fingerprint density at radius 3 is 2.76 bits per heavy atom. The number of anilines is 2. The van der Waals surface area contributed by atoms with Crippen LogP contribution < -0.4 is 10.2 Å². The normalized spacial score (nSPS) is 15.6. The van der Waals surface area contributed by atoms with E-state index in [1.54, 1.807) is 11.7 Å². The topological polar surface area (TPSA) is 71.0 Å². The van der Waals surface area contributed by atoms with Crippen LogP contribution >= 0.6 is 11.3 Å². The molecule has 1 fully saturated rings. The highest BCUT2D eigenvalue weighted by Crippen LogP contribution is 2.26. The van der Waals surface area contributed by atoms with Gasteiger partial charge in [-0.15, -0.1) is 10.2 Å². The zero-order chi connectivity index (χ0) is 17.6. The van der Waals surface area contributed by atoms with Gasteiger partial charge in [0.2, 0.25) is 5.13 Å². The van der Waals surface area contributed by atoms with Crippen LogP contribution in [0.15, 0.2) is 23.8 Å². The number of carbonyl (C=O) groups excluding carboxylic acids is 1. The first-order valence-electron chi connectivity index (χ1n) is 8.90. The predicted molar refractivity (Wildman–Crippen MR) is 101 cm³/mol. The molecule has 1 aliphatic rings. The van der Waals surface area contributed by atoms with Gasteiger partial charge in [0.05, 0.1) is 5.56 Å². The van der Waals surface area contributed by atoms with Crippen LogP contribution in [-0.2, 0) is 0 Å². The van der Waals surface area contributed by atoms with Gasteiger partial charge in [-0.3, -0.25) is 10.1 Å². The van der Waals surface area contributed by atoms with Crippen molar-refractivity contribution in [3.05, 3.63) is 29.4 Å². The van der Waals surface area contributed by atoms with Crippen LogP contribution in [0.3, 0.4) is 0 Å². The number of nitrogens with zero attached hydrogens (tertiary/aromatic N) is 4. The molecule has 2 aromatic heterocycles. The van der Waals surface area contributed by atoms with Crippen LogP contribution in [0.2, 0.25) is 0 Å². The van der Waals surface area contributed by atoms with Crippen molar-refractivity contribution in [3.8, 4) is 0 Å². The second kappa shape index (κ2) is 8.38. The van der Waals surface area contributed by atoms with E-state index in [0.29, 0.717) is 10.7 Å². The predicted octanol–water partition coefficient (Wildman–Crippen LogP) is 3.84. The van der Waals surface area contributed by atoms with E-state index in [1.807, 2.05) is 12.1 Å². The molecule has 3 rings (SSSR count). The summed E-state index contributed by atoms with van der Waals surface area (Å²) in [7, 11) is 0. The van der Waals surface area contributed by atoms with Gasteiger partial charge in [-0.05, 0) is 36.8 Å². The first kappa shape index (κ1) is 17.8. The fraction of sp³-hybridized carbons (Fsp3) is 0.556. The van der Waals surface area contributed by atoms with Crippen molar-refractivity contribution in [1.29, 1.82) is 0 Å². The first-order chi connectivity index (χ1) is 12.1. The van der Waals surface area contributed by atoms with E-state index < -0.39 is 0 Å². The molecule has 0 saturated carbocycles. The van der Waals surface area contributed by atoms with E-state index in [1.165, 1.54) is 37.0 Å². The third kappa shape index (κ3) is 4.98. The smallest absolute Gasteiger partial charge is 0.259 e. The van der Waals surface area contributed by atoms with Crippen molar-refractivity contribution in [2.75, 3.05) is 23.3 Å². The van der Waals surface area contributed by atoms with Gasteiger partial charge in [0.25, 0.3) is 5.91 Å². The number of piperidine rings is 1. The summed E-state index contributed by atoms with van der Waals surface area (Å²) in [6.45, 7) is 6.68. The van der Waals surface area contributed by atoms with Crippen LogP contribution in [0.5, 0.6) is 0 Å². The maximum Gasteiger partial charge on any atom is 0.259 e. The molecule has 1 saturated heterocycles. The number of pyridine rings is 1. The molecule has 0 radical (unpaired) electrons. The average molecular weight is 359 g/mol. The summed E-state index contributed by atoms with van der Waals surface area (Å²) in [5.74, 6) is 2.38. The van der Waals surface area contributed by atoms with Crippen LogP contribution in [0.1, 0.15) is 49.9 Å². The van der Waals surface area contributed by atoms with Crippen molar-refractivity contribution in [2.24, 2.45) is 11.8 Å². The molecule has 1 amide bonds. The number of amides is 1. The Kier molecular flexibility index (Phi) is 5.96. The van der Waals surface area contributed by atoms with Crippen LogP contribution in [0, 0.1) is 11.8 Å². The number of carbonyl (C=O) groups is 1. The first-order valence-corrected chi connectivity index (χ1v) is 9.78. The maximum absolute atomic E-state index is 12.1. The minimum absolute atomic E-state index is 0.205. The van der Waals surface area contributed by atoms with Crippen LogP contribution in [0.4, 0.5) is 10.9 Å². The molecule has 1 N–H and O–H groups in total. The molecular formula is C18H25N5OS. The van der Waals surface area contributed by atoms with E-state index in [2.05, 4.69) is 39.2 Å². The number of rotatable bonds is 6. The van der Waals surface area contributed by atoms with Gasteiger partial charge in [0, 0.05) is 19.3 Å². The highest BCUT2D eigenvalue weighted by molar-refractivity contribution is 7.13. The summed E-state index contributed by atoms with van der Waals surface area (Å²) < 4.78 is 0. The van der Waals surface area contributed by atoms with E-state index in [0.717, 1.165) is 30.7 Å². The summed E-state index contributed by atoms with van der Waals surface area (Å²) in [6, 6.07) is 3.76. The molecule has 0 atom stereocenters. The van der Waals surface area contributed by atoms with E-state index >= 15 is 0 Å². The largest absolute Gasteiger partial charge is 0.357 e. The highest BCUT2D eigenvalue weighted by atomic mass is 32.1. The Hall–Kier alpha value is -2.02. The number of hydrogen-bond donors (Lipinski definition) is 1. The Morgan fingerprint density at radius 2 is 2.16 bits per heavy atom. The summed E-state index contributed by atoms with van der Waals surface area (Å²) in [6.07, 6.45) is 6.75. The molecule has 0 unspecified atom stereocenters. The second-order valence-electron chi connectivity index (χ2n) is 7.00. The molecular weight excluding hydrogens is 334 g/mol. The standard InChI is InChI=1S/C18H25N5OS/c1-13(2)3-4-14-7-9-23(10-8-14)16-6-5-15(11-19-16)17(24)21-18-22-20-12-25-18/h5-6,11-14H,3-4,7-10H2,1-2H3,(H,21,22,24). The van der Waals surface area contributed by atoms with Gasteiger partial charge >= 0.3 is 0 Å². The molecule has 0 aliphatic carbocycles. The average Bonchev–Trinajstić information content (AvgIpc) is 3.13. The summed E-state index contributed by atoms with van der Waals surface area (Å²) in [5.41, 5.74) is 2.12. The highest BCUT2D eigenvalue weighted by Gasteiger charge is 2.20. The monoisotopic (exact) mass is 359 g/mol. The van der Waals surface area contributed by atoms with Gasteiger partial charge in [-0.1, -0.05) is 38.0 Å². The zero-order valence-electron chi connectivity index (χ0n) is 14.8. The van der Waals surface area contributed by atoms with Crippen molar-refractivity contribution in [3.63, 3.8) is 0 Å². The molecule has 6 nitrogen and oxygen atoms in total. The lowest BCUT2D eigenvalue weighted by atomic mass is 9.89. The molecule has 3 heterocycles. The lowest BCUT2D eigenvalue weighted by Crippen LogP contribution is -2.34. The van der Waals surface area contributed by atoms with Gasteiger partial charge in [0.1, 0.15) is 11.3 Å². The molecule has 0 aromatic carbocycles.